The number of nitrogens with zero attached hydrogens (tertiary/aromatic N) is 1. The van der Waals surface area contributed by atoms with Crippen LogP contribution in [-0.4, -0.2) is 43.3 Å². The summed E-state index contributed by atoms with van der Waals surface area (Å²) in [5.74, 6) is 0.933. The molecule has 2 rings (SSSR count). The van der Waals surface area contributed by atoms with E-state index in [9.17, 15) is 0 Å². The number of likely N-dealkylation sites (tertiary alicyclic amines) is 1. The zero-order chi connectivity index (χ0) is 10.2. The highest BCUT2D eigenvalue weighted by atomic mass is 16.5. The van der Waals surface area contributed by atoms with Crippen LogP contribution in [0.25, 0.3) is 0 Å². The second-order valence-corrected chi connectivity index (χ2v) is 5.12. The number of fused-ring (bicyclic) bond motifs is 2. The number of nitrogens with two attached hydrogens (primary N) is 1. The van der Waals surface area contributed by atoms with Crippen LogP contribution in [0.2, 0.25) is 0 Å². The Morgan fingerprint density at radius 3 is 2.71 bits per heavy atom. The van der Waals surface area contributed by atoms with Crippen LogP contribution < -0.4 is 5.73 Å². The van der Waals surface area contributed by atoms with E-state index >= 15 is 0 Å². The van der Waals surface area contributed by atoms with Gasteiger partial charge in [-0.15, -0.1) is 0 Å². The van der Waals surface area contributed by atoms with Gasteiger partial charge in [0, 0.05) is 26.2 Å². The summed E-state index contributed by atoms with van der Waals surface area (Å²) < 4.78 is 5.30. The average Bonchev–Trinajstić information content (AvgIpc) is 2.79. The van der Waals surface area contributed by atoms with Crippen LogP contribution in [0, 0.1) is 5.92 Å². The van der Waals surface area contributed by atoms with Crippen LogP contribution in [0.15, 0.2) is 0 Å². The number of rotatable bonds is 4. The smallest absolute Gasteiger partial charge is 0.0656 e. The summed E-state index contributed by atoms with van der Waals surface area (Å²) in [6, 6.07) is 0.781. The van der Waals surface area contributed by atoms with Gasteiger partial charge in [0.2, 0.25) is 0 Å². The van der Waals surface area contributed by atoms with E-state index in [2.05, 4.69) is 11.8 Å². The molecule has 0 aromatic heterocycles. The minimum atomic E-state index is 0.0641. The van der Waals surface area contributed by atoms with Crippen molar-refractivity contribution in [3.8, 4) is 0 Å². The largest absolute Gasteiger partial charge is 0.383 e. The second kappa shape index (κ2) is 3.80. The zero-order valence-corrected chi connectivity index (χ0v) is 9.33. The number of hydrogen-bond donors (Lipinski definition) is 1. The third kappa shape index (κ3) is 1.58. The van der Waals surface area contributed by atoms with E-state index in [1.807, 2.05) is 0 Å². The molecule has 0 aromatic rings. The third-order valence-electron chi connectivity index (χ3n) is 4.00. The van der Waals surface area contributed by atoms with Crippen molar-refractivity contribution in [1.82, 2.24) is 4.90 Å². The maximum atomic E-state index is 5.88. The van der Waals surface area contributed by atoms with Gasteiger partial charge in [-0.1, -0.05) is 0 Å². The van der Waals surface area contributed by atoms with Gasteiger partial charge in [-0.3, -0.25) is 4.90 Å². The van der Waals surface area contributed by atoms with Crippen LogP contribution in [0.3, 0.4) is 0 Å². The second-order valence-electron chi connectivity index (χ2n) is 5.12. The molecule has 2 bridgehead atoms. The van der Waals surface area contributed by atoms with Crippen LogP contribution in [0.5, 0.6) is 0 Å². The van der Waals surface area contributed by atoms with E-state index in [-0.39, 0.29) is 5.54 Å². The Bertz CT molecular complexity index is 209. The molecule has 3 unspecified atom stereocenters. The highest BCUT2D eigenvalue weighted by molar-refractivity contribution is 5.00. The quantitative estimate of drug-likeness (QED) is 0.727. The lowest BCUT2D eigenvalue weighted by molar-refractivity contribution is 0.00794. The van der Waals surface area contributed by atoms with Gasteiger partial charge in [0.05, 0.1) is 12.1 Å². The first kappa shape index (κ1) is 10.4. The van der Waals surface area contributed by atoms with E-state index in [0.29, 0.717) is 6.54 Å². The van der Waals surface area contributed by atoms with Gasteiger partial charge in [0.25, 0.3) is 0 Å². The lowest BCUT2D eigenvalue weighted by atomic mass is 9.97. The van der Waals surface area contributed by atoms with Crippen molar-refractivity contribution < 1.29 is 4.74 Å². The molecule has 2 fully saturated rings. The number of methoxy groups -OCH3 is 1. The standard InChI is InChI=1S/C11H22N2O/c1-11(7-12,8-14-2)13-6-9-3-4-10(13)5-9/h9-10H,3-8,12H2,1-2H3. The molecule has 0 radical (unpaired) electrons. The Morgan fingerprint density at radius 1 is 1.50 bits per heavy atom. The van der Waals surface area contributed by atoms with E-state index in [1.54, 1.807) is 7.11 Å². The van der Waals surface area contributed by atoms with E-state index in [1.165, 1.54) is 25.8 Å². The highest BCUT2D eigenvalue weighted by Gasteiger charge is 2.45. The molecule has 1 saturated heterocycles. The maximum Gasteiger partial charge on any atom is 0.0656 e. The Labute approximate surface area is 86.6 Å². The lowest BCUT2D eigenvalue weighted by Crippen LogP contribution is -2.57. The molecular formula is C11H22N2O. The molecule has 3 heteroatoms. The molecule has 82 valence electrons. The minimum absolute atomic E-state index is 0.0641. The van der Waals surface area contributed by atoms with Crippen molar-refractivity contribution in [3.63, 3.8) is 0 Å². The minimum Gasteiger partial charge on any atom is -0.383 e. The molecule has 1 heterocycles. The fraction of sp³-hybridized carbons (Fsp3) is 1.00. The van der Waals surface area contributed by atoms with Crippen LogP contribution in [-0.2, 0) is 4.74 Å². The summed E-state index contributed by atoms with van der Waals surface area (Å²) in [5, 5.41) is 0. The van der Waals surface area contributed by atoms with Crippen molar-refractivity contribution in [1.29, 1.82) is 0 Å². The fourth-order valence-electron chi connectivity index (χ4n) is 3.16. The van der Waals surface area contributed by atoms with Crippen LogP contribution in [0.1, 0.15) is 26.2 Å². The number of ether oxygens (including phenoxy) is 1. The summed E-state index contributed by atoms with van der Waals surface area (Å²) in [6.45, 7) is 4.93. The Morgan fingerprint density at radius 2 is 2.29 bits per heavy atom. The molecule has 1 aliphatic heterocycles. The summed E-state index contributed by atoms with van der Waals surface area (Å²) in [7, 11) is 1.77. The van der Waals surface area contributed by atoms with E-state index < -0.39 is 0 Å². The number of hydrogen-bond acceptors (Lipinski definition) is 3. The molecule has 1 saturated carbocycles. The molecule has 0 spiro atoms. The molecule has 2 aliphatic rings. The molecule has 1 aliphatic carbocycles. The number of piperidine rings is 1. The van der Waals surface area contributed by atoms with Crippen molar-refractivity contribution in [2.75, 3.05) is 26.8 Å². The van der Waals surface area contributed by atoms with Gasteiger partial charge < -0.3 is 10.5 Å². The molecule has 14 heavy (non-hydrogen) atoms. The highest BCUT2D eigenvalue weighted by Crippen LogP contribution is 2.41. The lowest BCUT2D eigenvalue weighted by Gasteiger charge is -2.42. The fourth-order valence-corrected chi connectivity index (χ4v) is 3.16. The van der Waals surface area contributed by atoms with Gasteiger partial charge in [-0.05, 0) is 32.1 Å². The topological polar surface area (TPSA) is 38.5 Å². The summed E-state index contributed by atoms with van der Waals surface area (Å²) in [5.41, 5.74) is 5.95. The average molecular weight is 198 g/mol. The van der Waals surface area contributed by atoms with Gasteiger partial charge in [-0.2, -0.15) is 0 Å². The van der Waals surface area contributed by atoms with Crippen LogP contribution in [0.4, 0.5) is 0 Å². The Hall–Kier alpha value is -0.120. The molecule has 3 atom stereocenters. The first-order chi connectivity index (χ1) is 6.69. The normalized spacial score (nSPS) is 36.2. The maximum absolute atomic E-state index is 5.88. The Balaban J connectivity index is 2.05. The van der Waals surface area contributed by atoms with Crippen molar-refractivity contribution in [3.05, 3.63) is 0 Å². The van der Waals surface area contributed by atoms with Gasteiger partial charge in [-0.25, -0.2) is 0 Å². The van der Waals surface area contributed by atoms with Crippen molar-refractivity contribution in [2.24, 2.45) is 11.7 Å². The van der Waals surface area contributed by atoms with Gasteiger partial charge in [0.1, 0.15) is 0 Å². The van der Waals surface area contributed by atoms with Crippen molar-refractivity contribution in [2.45, 2.75) is 37.8 Å². The SMILES string of the molecule is COCC(C)(CN)N1CC2CCC1C2. The first-order valence-electron chi connectivity index (χ1n) is 5.65. The molecular weight excluding hydrogens is 176 g/mol. The van der Waals surface area contributed by atoms with Crippen molar-refractivity contribution >= 4 is 0 Å². The molecule has 3 nitrogen and oxygen atoms in total. The van der Waals surface area contributed by atoms with Gasteiger partial charge in [0.15, 0.2) is 0 Å². The molecule has 0 amide bonds. The summed E-state index contributed by atoms with van der Waals surface area (Å²) in [6.07, 6.45) is 4.18. The summed E-state index contributed by atoms with van der Waals surface area (Å²) in [4.78, 5) is 2.59. The molecule has 0 aromatic carbocycles. The predicted octanol–water partition coefficient (Wildman–Crippen LogP) is 0.835. The van der Waals surface area contributed by atoms with Gasteiger partial charge >= 0.3 is 0 Å². The van der Waals surface area contributed by atoms with E-state index in [0.717, 1.165) is 18.6 Å². The summed E-state index contributed by atoms with van der Waals surface area (Å²) >= 11 is 0. The third-order valence-corrected chi connectivity index (χ3v) is 4.00. The van der Waals surface area contributed by atoms with E-state index in [4.69, 9.17) is 10.5 Å². The monoisotopic (exact) mass is 198 g/mol. The zero-order valence-electron chi connectivity index (χ0n) is 9.33. The predicted molar refractivity (Wildman–Crippen MR) is 57.2 cm³/mol. The van der Waals surface area contributed by atoms with Crippen LogP contribution >= 0.6 is 0 Å². The first-order valence-corrected chi connectivity index (χ1v) is 5.65. The molecule has 2 N–H and O–H groups in total. The Kier molecular flexibility index (Phi) is 2.82.